The van der Waals surface area contributed by atoms with Crippen molar-refractivity contribution in [3.8, 4) is 0 Å². The predicted octanol–water partition coefficient (Wildman–Crippen LogP) is 4.02. The molecule has 3 nitrogen and oxygen atoms in total. The molecule has 3 rings (SSSR count). The second-order valence-electron chi connectivity index (χ2n) is 7.88. The number of para-hydroxylation sites is 1. The Labute approximate surface area is 146 Å². The molecule has 1 aromatic carbocycles. The first-order chi connectivity index (χ1) is 11.6. The maximum atomic E-state index is 12.3. The Morgan fingerprint density at radius 1 is 1.21 bits per heavy atom. The maximum absolute atomic E-state index is 12.3. The van der Waals surface area contributed by atoms with Crippen molar-refractivity contribution in [3.05, 3.63) is 29.8 Å². The van der Waals surface area contributed by atoms with Crippen LogP contribution in [0.4, 0.5) is 5.69 Å². The van der Waals surface area contributed by atoms with Gasteiger partial charge >= 0.3 is 0 Å². The monoisotopic (exact) mass is 327 g/mol. The highest BCUT2D eigenvalue weighted by Gasteiger charge is 2.29. The minimum absolute atomic E-state index is 0.167. The molecular formula is C21H31N2O-. The van der Waals surface area contributed by atoms with Crippen LogP contribution in [0.2, 0.25) is 0 Å². The third-order valence-corrected chi connectivity index (χ3v) is 5.77. The van der Waals surface area contributed by atoms with Gasteiger partial charge in [0.25, 0.3) is 0 Å². The molecule has 0 amide bonds. The first-order valence-corrected chi connectivity index (χ1v) is 9.71. The molecule has 1 aliphatic carbocycles. The molecule has 2 atom stereocenters. The number of nitrogens with zero attached hydrogens (tertiary/aromatic N) is 1. The zero-order valence-corrected chi connectivity index (χ0v) is 15.1. The maximum Gasteiger partial charge on any atom is 0.0381 e. The fourth-order valence-electron chi connectivity index (χ4n) is 4.36. The van der Waals surface area contributed by atoms with E-state index >= 15 is 0 Å². The summed E-state index contributed by atoms with van der Waals surface area (Å²) in [7, 11) is 0. The molecule has 0 saturated heterocycles. The highest BCUT2D eigenvalue weighted by Crippen LogP contribution is 2.33. The summed E-state index contributed by atoms with van der Waals surface area (Å²) in [6.45, 7) is 5.25. The standard InChI is InChI=1S/C21H32N2O/c1-15(2)20-18(14-17-10-6-7-11-19(17)23-20)12-13-22-21(24)16-8-4-3-5-9-16/h6-7,10-11,15-16,18,20,23H,3-5,8-9,12-14H2,1-2H3,(H,22,24)/p-1/t18-,20-/m0/s1. The zero-order chi connectivity index (χ0) is 16.9. The second-order valence-corrected chi connectivity index (χ2v) is 7.88. The van der Waals surface area contributed by atoms with E-state index in [1.165, 1.54) is 30.5 Å². The van der Waals surface area contributed by atoms with Crippen molar-refractivity contribution >= 4 is 11.6 Å². The number of nitrogens with one attached hydrogen (secondary N) is 1. The van der Waals surface area contributed by atoms with Crippen LogP contribution >= 0.6 is 0 Å². The summed E-state index contributed by atoms with van der Waals surface area (Å²) in [5.41, 5.74) is 2.68. The van der Waals surface area contributed by atoms with Gasteiger partial charge in [-0.2, -0.15) is 0 Å². The van der Waals surface area contributed by atoms with Crippen molar-refractivity contribution in [1.29, 1.82) is 0 Å². The summed E-state index contributed by atoms with van der Waals surface area (Å²) < 4.78 is 0. The Kier molecular flexibility index (Phi) is 5.80. The van der Waals surface area contributed by atoms with Gasteiger partial charge in [0.15, 0.2) is 0 Å². The van der Waals surface area contributed by atoms with Crippen LogP contribution in [0.25, 0.3) is 0 Å². The lowest BCUT2D eigenvalue weighted by molar-refractivity contribution is -0.225. The van der Waals surface area contributed by atoms with Crippen LogP contribution < -0.4 is 10.4 Å². The summed E-state index contributed by atoms with van der Waals surface area (Å²) >= 11 is 0. The molecule has 1 fully saturated rings. The van der Waals surface area contributed by atoms with Crippen molar-refractivity contribution in [2.45, 2.75) is 64.8 Å². The highest BCUT2D eigenvalue weighted by molar-refractivity contribution is 5.74. The Hall–Kier alpha value is -1.51. The predicted molar refractivity (Wildman–Crippen MR) is 99.4 cm³/mol. The molecule has 2 aliphatic rings. The van der Waals surface area contributed by atoms with Crippen LogP contribution in [0.15, 0.2) is 29.3 Å². The molecule has 3 heteroatoms. The van der Waals surface area contributed by atoms with Crippen LogP contribution in [0, 0.1) is 17.8 Å². The van der Waals surface area contributed by atoms with Gasteiger partial charge in [0.1, 0.15) is 0 Å². The Morgan fingerprint density at radius 2 is 1.96 bits per heavy atom. The molecule has 0 bridgehead atoms. The van der Waals surface area contributed by atoms with Crippen molar-refractivity contribution in [1.82, 2.24) is 0 Å². The van der Waals surface area contributed by atoms with Crippen LogP contribution in [-0.2, 0) is 6.42 Å². The molecular weight excluding hydrogens is 296 g/mol. The van der Waals surface area contributed by atoms with Crippen molar-refractivity contribution in [2.24, 2.45) is 22.7 Å². The van der Waals surface area contributed by atoms with Gasteiger partial charge in [-0.3, -0.25) is 0 Å². The molecule has 0 spiro atoms. The van der Waals surface area contributed by atoms with Gasteiger partial charge in [0.05, 0.1) is 0 Å². The van der Waals surface area contributed by atoms with Crippen LogP contribution in [0.3, 0.4) is 0 Å². The summed E-state index contributed by atoms with van der Waals surface area (Å²) in [4.78, 5) is 4.42. The van der Waals surface area contributed by atoms with E-state index in [2.05, 4.69) is 48.4 Å². The lowest BCUT2D eigenvalue weighted by Crippen LogP contribution is -2.39. The Bertz CT molecular complexity index is 561. The van der Waals surface area contributed by atoms with Crippen LogP contribution in [-0.4, -0.2) is 18.5 Å². The first kappa shape index (κ1) is 17.3. The summed E-state index contributed by atoms with van der Waals surface area (Å²) in [6, 6.07) is 9.08. The smallest absolute Gasteiger partial charge is 0.0381 e. The van der Waals surface area contributed by atoms with Crippen molar-refractivity contribution in [3.63, 3.8) is 0 Å². The first-order valence-electron chi connectivity index (χ1n) is 9.71. The van der Waals surface area contributed by atoms with Gasteiger partial charge in [-0.05, 0) is 61.0 Å². The van der Waals surface area contributed by atoms with Gasteiger partial charge in [0, 0.05) is 18.3 Å². The molecule has 0 aromatic heterocycles. The second kappa shape index (κ2) is 8.04. The topological polar surface area (TPSA) is 47.5 Å². The third kappa shape index (κ3) is 4.12. The van der Waals surface area contributed by atoms with E-state index < -0.39 is 0 Å². The quantitative estimate of drug-likeness (QED) is 0.656. The summed E-state index contributed by atoms with van der Waals surface area (Å²) in [5.74, 6) is 1.52. The number of fused-ring (bicyclic) bond motifs is 1. The van der Waals surface area contributed by atoms with Gasteiger partial charge in [0.2, 0.25) is 0 Å². The molecule has 1 aliphatic heterocycles. The van der Waals surface area contributed by atoms with Gasteiger partial charge in [-0.25, -0.2) is 0 Å². The molecule has 0 unspecified atom stereocenters. The largest absolute Gasteiger partial charge is 0.862 e. The summed E-state index contributed by atoms with van der Waals surface area (Å²) in [5, 5.41) is 16.0. The molecule has 24 heavy (non-hydrogen) atoms. The van der Waals surface area contributed by atoms with Crippen molar-refractivity contribution < 1.29 is 5.11 Å². The molecule has 1 saturated carbocycles. The van der Waals surface area contributed by atoms with E-state index in [1.54, 1.807) is 0 Å². The number of hydrogen-bond donors (Lipinski definition) is 1. The molecule has 1 N–H and O–H groups in total. The minimum Gasteiger partial charge on any atom is -0.862 e. The average molecular weight is 327 g/mol. The number of hydrogen-bond acceptors (Lipinski definition) is 3. The average Bonchev–Trinajstić information content (AvgIpc) is 2.61. The lowest BCUT2D eigenvalue weighted by Gasteiger charge is -2.37. The van der Waals surface area contributed by atoms with Gasteiger partial charge in [-0.1, -0.05) is 51.3 Å². The lowest BCUT2D eigenvalue weighted by atomic mass is 9.80. The molecule has 1 heterocycles. The van der Waals surface area contributed by atoms with E-state index in [0.29, 0.717) is 24.4 Å². The molecule has 0 radical (unpaired) electrons. The third-order valence-electron chi connectivity index (χ3n) is 5.77. The SMILES string of the molecule is CC(C)[C@@H]1Nc2ccccc2C[C@@H]1CCN=C([O-])C1CCCCC1. The fourth-order valence-corrected chi connectivity index (χ4v) is 4.36. The zero-order valence-electron chi connectivity index (χ0n) is 15.1. The van der Waals surface area contributed by atoms with E-state index in [1.807, 2.05) is 0 Å². The van der Waals surface area contributed by atoms with Crippen molar-refractivity contribution in [2.75, 3.05) is 11.9 Å². The highest BCUT2D eigenvalue weighted by atomic mass is 16.3. The summed E-state index contributed by atoms with van der Waals surface area (Å²) in [6.07, 6.45) is 7.88. The Balaban J connectivity index is 1.60. The van der Waals surface area contributed by atoms with E-state index in [0.717, 1.165) is 25.7 Å². The van der Waals surface area contributed by atoms with Crippen LogP contribution in [0.1, 0.15) is 57.9 Å². The van der Waals surface area contributed by atoms with E-state index in [9.17, 15) is 5.11 Å². The molecule has 132 valence electrons. The van der Waals surface area contributed by atoms with Gasteiger partial charge < -0.3 is 15.4 Å². The van der Waals surface area contributed by atoms with E-state index in [4.69, 9.17) is 0 Å². The number of anilines is 1. The molecule has 1 aromatic rings. The minimum atomic E-state index is 0.167. The number of aliphatic imine (C=N–C) groups is 1. The van der Waals surface area contributed by atoms with Crippen LogP contribution in [0.5, 0.6) is 0 Å². The number of benzene rings is 1. The normalized spacial score (nSPS) is 25.4. The number of rotatable bonds is 5. The Morgan fingerprint density at radius 3 is 2.71 bits per heavy atom. The van der Waals surface area contributed by atoms with Gasteiger partial charge in [-0.15, -0.1) is 0 Å². The fraction of sp³-hybridized carbons (Fsp3) is 0.667. The van der Waals surface area contributed by atoms with E-state index in [-0.39, 0.29) is 11.8 Å².